The highest BCUT2D eigenvalue weighted by atomic mass is 127. The van der Waals surface area contributed by atoms with E-state index in [4.69, 9.17) is 0 Å². The van der Waals surface area contributed by atoms with E-state index >= 15 is 0 Å². The lowest BCUT2D eigenvalue weighted by Crippen LogP contribution is -2.42. The quantitative estimate of drug-likeness (QED) is 0.385. The van der Waals surface area contributed by atoms with Crippen LogP contribution in [0.3, 0.4) is 0 Å². The largest absolute Gasteiger partial charge is 0.355 e. The third kappa shape index (κ3) is 6.24. The average Bonchev–Trinajstić information content (AvgIpc) is 3.20. The van der Waals surface area contributed by atoms with Crippen LogP contribution in [0.1, 0.15) is 24.8 Å². The summed E-state index contributed by atoms with van der Waals surface area (Å²) in [5.74, 6) is 1.65. The first-order chi connectivity index (χ1) is 12.3. The van der Waals surface area contributed by atoms with Crippen molar-refractivity contribution < 1.29 is 0 Å². The second kappa shape index (κ2) is 11.1. The highest BCUT2D eigenvalue weighted by Gasteiger charge is 2.09. The number of nitrogens with zero attached hydrogens (tertiary/aromatic N) is 5. The normalized spacial score (nSPS) is 15.3. The molecular weight excluding hydrogens is 441 g/mol. The van der Waals surface area contributed by atoms with Gasteiger partial charge in [-0.1, -0.05) is 6.42 Å². The molecule has 142 valence electrons. The number of piperidine rings is 1. The summed E-state index contributed by atoms with van der Waals surface area (Å²) in [6, 6.07) is 5.92. The SMILES string of the molecule is CN=C(NCCN1CCCCC1)NCc1ccnc(-n2cccn2)c1.I. The van der Waals surface area contributed by atoms with Crippen LogP contribution >= 0.6 is 24.0 Å². The van der Waals surface area contributed by atoms with E-state index in [2.05, 4.69) is 30.6 Å². The van der Waals surface area contributed by atoms with Gasteiger partial charge in [0.25, 0.3) is 0 Å². The minimum Gasteiger partial charge on any atom is -0.355 e. The lowest BCUT2D eigenvalue weighted by Gasteiger charge is -2.26. The Morgan fingerprint density at radius 2 is 2.04 bits per heavy atom. The maximum atomic E-state index is 4.35. The van der Waals surface area contributed by atoms with E-state index in [1.165, 1.54) is 32.4 Å². The minimum absolute atomic E-state index is 0. The molecule has 1 aliphatic heterocycles. The van der Waals surface area contributed by atoms with Crippen molar-refractivity contribution in [2.75, 3.05) is 33.2 Å². The number of halogens is 1. The number of hydrogen-bond donors (Lipinski definition) is 2. The molecular formula is C18H28IN7. The van der Waals surface area contributed by atoms with Gasteiger partial charge >= 0.3 is 0 Å². The van der Waals surface area contributed by atoms with Gasteiger partial charge in [0, 0.05) is 45.3 Å². The molecule has 0 aliphatic carbocycles. The van der Waals surface area contributed by atoms with Crippen molar-refractivity contribution in [1.82, 2.24) is 30.3 Å². The second-order valence-electron chi connectivity index (χ2n) is 6.23. The molecule has 1 saturated heterocycles. The zero-order chi connectivity index (χ0) is 17.3. The van der Waals surface area contributed by atoms with Crippen molar-refractivity contribution in [1.29, 1.82) is 0 Å². The average molecular weight is 469 g/mol. The van der Waals surface area contributed by atoms with E-state index in [1.54, 1.807) is 24.1 Å². The van der Waals surface area contributed by atoms with Crippen molar-refractivity contribution in [2.24, 2.45) is 4.99 Å². The number of nitrogens with one attached hydrogen (secondary N) is 2. The van der Waals surface area contributed by atoms with Gasteiger partial charge in [-0.05, 0) is 49.7 Å². The van der Waals surface area contributed by atoms with Crippen LogP contribution in [0.2, 0.25) is 0 Å². The molecule has 0 aromatic carbocycles. The second-order valence-corrected chi connectivity index (χ2v) is 6.23. The molecule has 2 aromatic heterocycles. The van der Waals surface area contributed by atoms with Gasteiger partial charge in [-0.3, -0.25) is 4.99 Å². The zero-order valence-corrected chi connectivity index (χ0v) is 17.6. The Hall–Kier alpha value is -1.68. The molecule has 0 spiro atoms. The standard InChI is InChI=1S/C18H27N7.HI/c1-19-18(21-9-13-24-10-3-2-4-11-24)22-15-16-6-8-20-17(14-16)25-12-5-7-23-25;/h5-8,12,14H,2-4,9-11,13,15H2,1H3,(H2,19,21,22);1H. The number of aliphatic imine (C=N–C) groups is 1. The fourth-order valence-electron chi connectivity index (χ4n) is 3.02. The predicted octanol–water partition coefficient (Wildman–Crippen LogP) is 2.04. The van der Waals surface area contributed by atoms with E-state index in [-0.39, 0.29) is 24.0 Å². The Bertz CT molecular complexity index is 666. The molecule has 0 atom stereocenters. The van der Waals surface area contributed by atoms with Crippen LogP contribution in [0, 0.1) is 0 Å². The molecule has 3 rings (SSSR count). The van der Waals surface area contributed by atoms with Gasteiger partial charge in [-0.2, -0.15) is 5.10 Å². The molecule has 0 amide bonds. The number of rotatable bonds is 6. The van der Waals surface area contributed by atoms with Crippen LogP contribution in [-0.4, -0.2) is 58.9 Å². The number of aromatic nitrogens is 3. The molecule has 2 aromatic rings. The van der Waals surface area contributed by atoms with Crippen LogP contribution in [0.4, 0.5) is 0 Å². The van der Waals surface area contributed by atoms with Crippen molar-refractivity contribution in [3.05, 3.63) is 42.4 Å². The summed E-state index contributed by atoms with van der Waals surface area (Å²) in [6.45, 7) is 5.12. The fraction of sp³-hybridized carbons (Fsp3) is 0.500. The Morgan fingerprint density at radius 3 is 2.77 bits per heavy atom. The van der Waals surface area contributed by atoms with E-state index in [0.717, 1.165) is 30.4 Å². The monoisotopic (exact) mass is 469 g/mol. The summed E-state index contributed by atoms with van der Waals surface area (Å²) in [5.41, 5.74) is 1.14. The van der Waals surface area contributed by atoms with Gasteiger partial charge in [0.1, 0.15) is 0 Å². The fourth-order valence-corrected chi connectivity index (χ4v) is 3.02. The van der Waals surface area contributed by atoms with Gasteiger partial charge in [-0.15, -0.1) is 24.0 Å². The maximum Gasteiger partial charge on any atom is 0.191 e. The van der Waals surface area contributed by atoms with E-state index in [1.807, 2.05) is 24.4 Å². The third-order valence-corrected chi connectivity index (χ3v) is 4.40. The van der Waals surface area contributed by atoms with E-state index in [0.29, 0.717) is 6.54 Å². The minimum atomic E-state index is 0. The van der Waals surface area contributed by atoms with Crippen LogP contribution in [-0.2, 0) is 6.54 Å². The van der Waals surface area contributed by atoms with Crippen LogP contribution < -0.4 is 10.6 Å². The van der Waals surface area contributed by atoms with E-state index < -0.39 is 0 Å². The van der Waals surface area contributed by atoms with Gasteiger partial charge < -0.3 is 15.5 Å². The predicted molar refractivity (Wildman–Crippen MR) is 115 cm³/mol. The lowest BCUT2D eigenvalue weighted by atomic mass is 10.1. The summed E-state index contributed by atoms with van der Waals surface area (Å²) in [4.78, 5) is 11.2. The zero-order valence-electron chi connectivity index (χ0n) is 15.3. The first-order valence-electron chi connectivity index (χ1n) is 8.97. The van der Waals surface area contributed by atoms with Crippen molar-refractivity contribution in [3.8, 4) is 5.82 Å². The number of guanidine groups is 1. The van der Waals surface area contributed by atoms with Gasteiger partial charge in [0.15, 0.2) is 11.8 Å². The van der Waals surface area contributed by atoms with Crippen molar-refractivity contribution in [2.45, 2.75) is 25.8 Å². The lowest BCUT2D eigenvalue weighted by molar-refractivity contribution is 0.232. The molecule has 26 heavy (non-hydrogen) atoms. The van der Waals surface area contributed by atoms with Crippen molar-refractivity contribution in [3.63, 3.8) is 0 Å². The first kappa shape index (κ1) is 20.6. The molecule has 3 heterocycles. The Balaban J connectivity index is 0.00000243. The summed E-state index contributed by atoms with van der Waals surface area (Å²) in [5, 5.41) is 11.0. The molecule has 7 nitrogen and oxygen atoms in total. The van der Waals surface area contributed by atoms with Crippen LogP contribution in [0.25, 0.3) is 5.82 Å². The Labute approximate surface area is 172 Å². The highest BCUT2D eigenvalue weighted by Crippen LogP contribution is 2.07. The molecule has 0 radical (unpaired) electrons. The number of likely N-dealkylation sites (tertiary alicyclic amines) is 1. The van der Waals surface area contributed by atoms with Crippen LogP contribution in [0.5, 0.6) is 0 Å². The van der Waals surface area contributed by atoms with Crippen LogP contribution in [0.15, 0.2) is 41.8 Å². The third-order valence-electron chi connectivity index (χ3n) is 4.40. The van der Waals surface area contributed by atoms with E-state index in [9.17, 15) is 0 Å². The molecule has 0 saturated carbocycles. The van der Waals surface area contributed by atoms with Gasteiger partial charge in [0.05, 0.1) is 0 Å². The summed E-state index contributed by atoms with van der Waals surface area (Å²) in [6.07, 6.45) is 9.47. The topological polar surface area (TPSA) is 70.4 Å². The molecule has 2 N–H and O–H groups in total. The summed E-state index contributed by atoms with van der Waals surface area (Å²) in [7, 11) is 1.80. The summed E-state index contributed by atoms with van der Waals surface area (Å²) >= 11 is 0. The number of hydrogen-bond acceptors (Lipinski definition) is 4. The maximum absolute atomic E-state index is 4.35. The molecule has 8 heteroatoms. The molecule has 0 unspecified atom stereocenters. The number of pyridine rings is 1. The highest BCUT2D eigenvalue weighted by molar-refractivity contribution is 14.0. The van der Waals surface area contributed by atoms with Gasteiger partial charge in [-0.25, -0.2) is 9.67 Å². The molecule has 1 aliphatic rings. The van der Waals surface area contributed by atoms with Crippen molar-refractivity contribution >= 4 is 29.9 Å². The van der Waals surface area contributed by atoms with Gasteiger partial charge in [0.2, 0.25) is 0 Å². The Morgan fingerprint density at radius 1 is 1.19 bits per heavy atom. The first-order valence-corrected chi connectivity index (χ1v) is 8.97. The molecule has 0 bridgehead atoms. The molecule has 1 fully saturated rings. The smallest absolute Gasteiger partial charge is 0.191 e. The Kier molecular flexibility index (Phi) is 8.82. The summed E-state index contributed by atoms with van der Waals surface area (Å²) < 4.78 is 1.76.